The molecule has 1 unspecified atom stereocenters. The second kappa shape index (κ2) is 5.77. The molecule has 0 aliphatic heterocycles. The van der Waals surface area contributed by atoms with Gasteiger partial charge in [-0.3, -0.25) is 4.79 Å². The van der Waals surface area contributed by atoms with Crippen molar-refractivity contribution in [2.45, 2.75) is 18.7 Å². The summed E-state index contributed by atoms with van der Waals surface area (Å²) < 4.78 is 0. The van der Waals surface area contributed by atoms with Crippen LogP contribution in [0.3, 0.4) is 0 Å². The van der Waals surface area contributed by atoms with Crippen LogP contribution in [-0.2, 0) is 0 Å². The third kappa shape index (κ3) is 3.53. The van der Waals surface area contributed by atoms with E-state index in [9.17, 15) is 15.0 Å². The van der Waals surface area contributed by atoms with Gasteiger partial charge in [0, 0.05) is 19.0 Å². The van der Waals surface area contributed by atoms with Crippen molar-refractivity contribution >= 4 is 17.5 Å². The Morgan fingerprint density at radius 1 is 1.41 bits per heavy atom. The molecule has 2 N–H and O–H groups in total. The summed E-state index contributed by atoms with van der Waals surface area (Å²) in [5, 5.41) is 19.1. The van der Waals surface area contributed by atoms with Crippen LogP contribution in [0.1, 0.15) is 23.7 Å². The largest absolute Gasteiger partial charge is 0.507 e. The van der Waals surface area contributed by atoms with Gasteiger partial charge in [-0.1, -0.05) is 6.07 Å². The molecule has 0 bridgehead atoms. The third-order valence-corrected chi connectivity index (χ3v) is 2.66. The average molecular weight is 258 g/mol. The van der Waals surface area contributed by atoms with Crippen LogP contribution in [0, 0.1) is 0 Å². The molecule has 17 heavy (non-hydrogen) atoms. The summed E-state index contributed by atoms with van der Waals surface area (Å²) in [4.78, 5) is 13.4. The monoisotopic (exact) mass is 257 g/mol. The van der Waals surface area contributed by atoms with E-state index >= 15 is 0 Å². The van der Waals surface area contributed by atoms with Gasteiger partial charge in [0.2, 0.25) is 0 Å². The first-order valence-electron chi connectivity index (χ1n) is 5.34. The number of hydrogen-bond donors (Lipinski definition) is 2. The zero-order valence-corrected chi connectivity index (χ0v) is 10.6. The fourth-order valence-electron chi connectivity index (χ4n) is 1.41. The number of amides is 1. The lowest BCUT2D eigenvalue weighted by molar-refractivity contribution is 0.0787. The van der Waals surface area contributed by atoms with Gasteiger partial charge < -0.3 is 15.1 Å². The lowest BCUT2D eigenvalue weighted by Crippen LogP contribution is -2.28. The van der Waals surface area contributed by atoms with Crippen LogP contribution in [0.4, 0.5) is 0 Å². The summed E-state index contributed by atoms with van der Waals surface area (Å²) in [6.07, 6.45) is 0.651. The predicted molar refractivity (Wildman–Crippen MR) is 66.7 cm³/mol. The summed E-state index contributed by atoms with van der Waals surface area (Å²) in [6, 6.07) is 4.21. The minimum atomic E-state index is -0.419. The van der Waals surface area contributed by atoms with Crippen LogP contribution in [0.15, 0.2) is 18.2 Å². The van der Waals surface area contributed by atoms with E-state index in [4.69, 9.17) is 11.6 Å². The third-order valence-electron chi connectivity index (χ3n) is 2.44. The normalized spacial score (nSPS) is 12.2. The van der Waals surface area contributed by atoms with Gasteiger partial charge in [0.05, 0.1) is 0 Å². The van der Waals surface area contributed by atoms with Crippen LogP contribution in [-0.4, -0.2) is 40.0 Å². The molecule has 0 radical (unpaired) electrons. The van der Waals surface area contributed by atoms with Crippen molar-refractivity contribution in [2.24, 2.45) is 0 Å². The SMILES string of the molecule is CC(Cl)CCN(C)C(=O)c1c(O)cccc1O. The first kappa shape index (κ1) is 13.6. The quantitative estimate of drug-likeness (QED) is 0.813. The van der Waals surface area contributed by atoms with Gasteiger partial charge in [0.1, 0.15) is 17.1 Å². The molecule has 1 aromatic carbocycles. The molecule has 0 aliphatic rings. The number of phenols is 2. The van der Waals surface area contributed by atoms with Crippen molar-refractivity contribution in [3.05, 3.63) is 23.8 Å². The van der Waals surface area contributed by atoms with E-state index in [1.807, 2.05) is 6.92 Å². The second-order valence-electron chi connectivity index (χ2n) is 3.97. The Morgan fingerprint density at radius 2 is 1.94 bits per heavy atom. The first-order chi connectivity index (χ1) is 7.93. The Bertz CT molecular complexity index is 386. The Hall–Kier alpha value is -1.42. The minimum absolute atomic E-state index is 0.0248. The van der Waals surface area contributed by atoms with E-state index in [1.54, 1.807) is 7.05 Å². The van der Waals surface area contributed by atoms with Crippen LogP contribution < -0.4 is 0 Å². The smallest absolute Gasteiger partial charge is 0.261 e. The molecule has 4 nitrogen and oxygen atoms in total. The number of rotatable bonds is 4. The number of benzene rings is 1. The summed E-state index contributed by atoms with van der Waals surface area (Å²) in [5.74, 6) is -0.862. The van der Waals surface area contributed by atoms with E-state index in [0.29, 0.717) is 13.0 Å². The number of carbonyl (C=O) groups excluding carboxylic acids is 1. The maximum atomic E-state index is 12.0. The fraction of sp³-hybridized carbons (Fsp3) is 0.417. The molecule has 0 fully saturated rings. The van der Waals surface area contributed by atoms with Crippen molar-refractivity contribution in [1.29, 1.82) is 0 Å². The average Bonchev–Trinajstić information content (AvgIpc) is 2.25. The van der Waals surface area contributed by atoms with Crippen LogP contribution in [0.5, 0.6) is 11.5 Å². The minimum Gasteiger partial charge on any atom is -0.507 e. The summed E-state index contributed by atoms with van der Waals surface area (Å²) in [5.41, 5.74) is -0.0720. The highest BCUT2D eigenvalue weighted by atomic mass is 35.5. The van der Waals surface area contributed by atoms with Gasteiger partial charge in [-0.25, -0.2) is 0 Å². The summed E-state index contributed by atoms with van der Waals surface area (Å²) >= 11 is 5.80. The lowest BCUT2D eigenvalue weighted by atomic mass is 10.1. The van der Waals surface area contributed by atoms with Gasteiger partial charge in [0.15, 0.2) is 0 Å². The molecule has 0 saturated carbocycles. The van der Waals surface area contributed by atoms with Crippen molar-refractivity contribution in [2.75, 3.05) is 13.6 Å². The predicted octanol–water partition coefficient (Wildman–Crippen LogP) is 2.19. The zero-order chi connectivity index (χ0) is 13.0. The van der Waals surface area contributed by atoms with Gasteiger partial charge in [-0.15, -0.1) is 11.6 Å². The lowest BCUT2D eigenvalue weighted by Gasteiger charge is -2.18. The van der Waals surface area contributed by atoms with Gasteiger partial charge >= 0.3 is 0 Å². The molecule has 0 spiro atoms. The van der Waals surface area contributed by atoms with Crippen molar-refractivity contribution in [3.8, 4) is 11.5 Å². The van der Waals surface area contributed by atoms with Crippen LogP contribution in [0.25, 0.3) is 0 Å². The number of hydrogen-bond acceptors (Lipinski definition) is 3. The van der Waals surface area contributed by atoms with Crippen LogP contribution >= 0.6 is 11.6 Å². The second-order valence-corrected chi connectivity index (χ2v) is 4.71. The van der Waals surface area contributed by atoms with E-state index in [0.717, 1.165) is 0 Å². The topological polar surface area (TPSA) is 60.8 Å². The van der Waals surface area contributed by atoms with Gasteiger partial charge in [-0.2, -0.15) is 0 Å². The van der Waals surface area contributed by atoms with E-state index in [2.05, 4.69) is 0 Å². The first-order valence-corrected chi connectivity index (χ1v) is 5.77. The Labute approximate surface area is 105 Å². The van der Waals surface area contributed by atoms with Crippen molar-refractivity contribution in [1.82, 2.24) is 4.90 Å². The Balaban J connectivity index is 2.82. The highest BCUT2D eigenvalue weighted by Crippen LogP contribution is 2.27. The Morgan fingerprint density at radius 3 is 2.41 bits per heavy atom. The number of alkyl halides is 1. The number of aromatic hydroxyl groups is 2. The standard InChI is InChI=1S/C12H16ClNO3/c1-8(13)6-7-14(2)12(17)11-9(15)4-3-5-10(11)16/h3-5,8,15-16H,6-7H2,1-2H3. The molecule has 1 amide bonds. The summed E-state index contributed by atoms with van der Waals surface area (Å²) in [6.45, 7) is 2.31. The molecule has 94 valence electrons. The van der Waals surface area contributed by atoms with E-state index in [-0.39, 0.29) is 22.4 Å². The number of halogens is 1. The van der Waals surface area contributed by atoms with Gasteiger partial charge in [0.25, 0.3) is 5.91 Å². The number of nitrogens with zero attached hydrogens (tertiary/aromatic N) is 1. The number of phenolic OH excluding ortho intramolecular Hbond substituents is 2. The van der Waals surface area contributed by atoms with Crippen molar-refractivity contribution < 1.29 is 15.0 Å². The van der Waals surface area contributed by atoms with Crippen LogP contribution in [0.2, 0.25) is 0 Å². The molecule has 0 heterocycles. The van der Waals surface area contributed by atoms with E-state index < -0.39 is 5.91 Å². The molecule has 1 aromatic rings. The summed E-state index contributed by atoms with van der Waals surface area (Å²) in [7, 11) is 1.60. The number of carbonyl (C=O) groups is 1. The molecular weight excluding hydrogens is 242 g/mol. The highest BCUT2D eigenvalue weighted by molar-refractivity contribution is 6.20. The molecule has 5 heteroatoms. The zero-order valence-electron chi connectivity index (χ0n) is 9.85. The molecule has 0 aliphatic carbocycles. The van der Waals surface area contributed by atoms with E-state index in [1.165, 1.54) is 23.1 Å². The van der Waals surface area contributed by atoms with Crippen molar-refractivity contribution in [3.63, 3.8) is 0 Å². The Kier molecular flexibility index (Phi) is 4.63. The molecule has 0 saturated heterocycles. The molecule has 0 aromatic heterocycles. The fourth-order valence-corrected chi connectivity index (χ4v) is 1.51. The highest BCUT2D eigenvalue weighted by Gasteiger charge is 2.19. The molecule has 1 rings (SSSR count). The maximum absolute atomic E-state index is 12.0. The molecule has 1 atom stereocenters. The maximum Gasteiger partial charge on any atom is 0.261 e. The van der Waals surface area contributed by atoms with Gasteiger partial charge in [-0.05, 0) is 25.5 Å². The molecular formula is C12H16ClNO3.